The second-order valence-corrected chi connectivity index (χ2v) is 6.50. The third kappa shape index (κ3) is 3.79. The van der Waals surface area contributed by atoms with E-state index in [2.05, 4.69) is 5.32 Å². The molecule has 6 heteroatoms. The summed E-state index contributed by atoms with van der Waals surface area (Å²) >= 11 is 1.66. The number of imide groups is 1. The molecule has 1 unspecified atom stereocenters. The standard InChI is InChI=1S/C19H20N2O3S/c1-3-24-15-8-6-14(7-9-15)21-18(22)12-17(19(21)23)20-13-4-10-16(25-2)11-5-13/h4-11,17,20H,3,12H2,1-2H3. The van der Waals surface area contributed by atoms with E-state index in [1.807, 2.05) is 37.4 Å². The molecule has 2 aromatic carbocycles. The lowest BCUT2D eigenvalue weighted by molar-refractivity contribution is -0.121. The van der Waals surface area contributed by atoms with E-state index in [1.165, 1.54) is 4.90 Å². The minimum absolute atomic E-state index is 0.149. The molecule has 0 aromatic heterocycles. The fraction of sp³-hybridized carbons (Fsp3) is 0.263. The second-order valence-electron chi connectivity index (χ2n) is 5.62. The van der Waals surface area contributed by atoms with Crippen molar-refractivity contribution in [3.8, 4) is 5.75 Å². The van der Waals surface area contributed by atoms with Crippen LogP contribution in [0.1, 0.15) is 13.3 Å². The minimum atomic E-state index is -0.542. The lowest BCUT2D eigenvalue weighted by atomic mass is 10.2. The van der Waals surface area contributed by atoms with Gasteiger partial charge in [0.15, 0.2) is 0 Å². The summed E-state index contributed by atoms with van der Waals surface area (Å²) in [6.07, 6.45) is 2.16. The lowest BCUT2D eigenvalue weighted by Crippen LogP contribution is -2.34. The molecule has 25 heavy (non-hydrogen) atoms. The van der Waals surface area contributed by atoms with Crippen LogP contribution in [-0.2, 0) is 9.59 Å². The number of carbonyl (C=O) groups excluding carboxylic acids is 2. The summed E-state index contributed by atoms with van der Waals surface area (Å²) < 4.78 is 5.39. The minimum Gasteiger partial charge on any atom is -0.494 e. The van der Waals surface area contributed by atoms with E-state index in [-0.39, 0.29) is 18.2 Å². The number of benzene rings is 2. The van der Waals surface area contributed by atoms with Crippen LogP contribution < -0.4 is 15.0 Å². The molecule has 1 saturated heterocycles. The van der Waals surface area contributed by atoms with Crippen molar-refractivity contribution in [2.45, 2.75) is 24.3 Å². The zero-order valence-corrected chi connectivity index (χ0v) is 15.0. The fourth-order valence-corrected chi connectivity index (χ4v) is 3.17. The second kappa shape index (κ2) is 7.61. The molecule has 3 rings (SSSR count). The number of thioether (sulfide) groups is 1. The molecule has 0 radical (unpaired) electrons. The molecule has 1 aliphatic rings. The van der Waals surface area contributed by atoms with Gasteiger partial charge in [0.25, 0.3) is 5.91 Å². The van der Waals surface area contributed by atoms with Crippen LogP contribution in [0.15, 0.2) is 53.4 Å². The molecule has 0 saturated carbocycles. The van der Waals surface area contributed by atoms with E-state index < -0.39 is 6.04 Å². The van der Waals surface area contributed by atoms with Crippen molar-refractivity contribution in [1.29, 1.82) is 0 Å². The van der Waals surface area contributed by atoms with Gasteiger partial charge in [0, 0.05) is 10.6 Å². The molecule has 0 aliphatic carbocycles. The van der Waals surface area contributed by atoms with Crippen LogP contribution in [0.2, 0.25) is 0 Å². The zero-order valence-electron chi connectivity index (χ0n) is 14.2. The Hall–Kier alpha value is -2.47. The highest BCUT2D eigenvalue weighted by Crippen LogP contribution is 2.27. The monoisotopic (exact) mass is 356 g/mol. The van der Waals surface area contributed by atoms with Crippen molar-refractivity contribution < 1.29 is 14.3 Å². The molecule has 5 nitrogen and oxygen atoms in total. The summed E-state index contributed by atoms with van der Waals surface area (Å²) in [5, 5.41) is 3.16. The maximum Gasteiger partial charge on any atom is 0.256 e. The highest BCUT2D eigenvalue weighted by Gasteiger charge is 2.39. The molecule has 1 atom stereocenters. The largest absolute Gasteiger partial charge is 0.494 e. The van der Waals surface area contributed by atoms with E-state index >= 15 is 0 Å². The van der Waals surface area contributed by atoms with Crippen LogP contribution in [0.4, 0.5) is 11.4 Å². The third-order valence-corrected chi connectivity index (χ3v) is 4.73. The van der Waals surface area contributed by atoms with Crippen molar-refractivity contribution in [2.75, 3.05) is 23.1 Å². The summed E-state index contributed by atoms with van der Waals surface area (Å²) in [6.45, 7) is 2.48. The van der Waals surface area contributed by atoms with Gasteiger partial charge in [-0.25, -0.2) is 4.90 Å². The quantitative estimate of drug-likeness (QED) is 0.634. The molecule has 1 fully saturated rings. The van der Waals surface area contributed by atoms with Crippen LogP contribution in [0.25, 0.3) is 0 Å². The number of carbonyl (C=O) groups is 2. The number of nitrogens with one attached hydrogen (secondary N) is 1. The molecule has 1 aliphatic heterocycles. The summed E-state index contributed by atoms with van der Waals surface area (Å²) in [5.74, 6) is 0.282. The average Bonchev–Trinajstić information content (AvgIpc) is 2.90. The Kier molecular flexibility index (Phi) is 5.28. The Bertz CT molecular complexity index is 759. The summed E-state index contributed by atoms with van der Waals surface area (Å²) in [7, 11) is 0. The van der Waals surface area contributed by atoms with Crippen molar-refractivity contribution >= 4 is 35.0 Å². The summed E-state index contributed by atoms with van der Waals surface area (Å²) in [4.78, 5) is 27.4. The Morgan fingerprint density at radius 3 is 2.40 bits per heavy atom. The van der Waals surface area contributed by atoms with Crippen LogP contribution in [0.3, 0.4) is 0 Å². The molecule has 2 aromatic rings. The zero-order chi connectivity index (χ0) is 17.8. The number of anilines is 2. The molecule has 1 N–H and O–H groups in total. The molecule has 0 bridgehead atoms. The molecule has 1 heterocycles. The van der Waals surface area contributed by atoms with Gasteiger partial charge in [-0.2, -0.15) is 0 Å². The molecular weight excluding hydrogens is 336 g/mol. The number of ether oxygens (including phenoxy) is 1. The first kappa shape index (κ1) is 17.4. The van der Waals surface area contributed by atoms with Crippen molar-refractivity contribution in [1.82, 2.24) is 0 Å². The van der Waals surface area contributed by atoms with Gasteiger partial charge in [-0.05, 0) is 61.7 Å². The maximum absolute atomic E-state index is 12.7. The van der Waals surface area contributed by atoms with Crippen molar-refractivity contribution in [3.63, 3.8) is 0 Å². The number of amides is 2. The van der Waals surface area contributed by atoms with Gasteiger partial charge in [0.05, 0.1) is 18.7 Å². The Morgan fingerprint density at radius 2 is 1.80 bits per heavy atom. The SMILES string of the molecule is CCOc1ccc(N2C(=O)CC(Nc3ccc(SC)cc3)C2=O)cc1. The summed E-state index contributed by atoms with van der Waals surface area (Å²) in [6, 6.07) is 14.3. The first-order valence-electron chi connectivity index (χ1n) is 8.12. The third-order valence-electron chi connectivity index (χ3n) is 3.98. The van der Waals surface area contributed by atoms with E-state index in [0.717, 1.165) is 10.6 Å². The Balaban J connectivity index is 1.72. The van der Waals surface area contributed by atoms with Gasteiger partial charge in [0.2, 0.25) is 5.91 Å². The number of hydrogen-bond donors (Lipinski definition) is 1. The normalized spacial score (nSPS) is 17.0. The Labute approximate surface area is 151 Å². The van der Waals surface area contributed by atoms with Gasteiger partial charge in [0.1, 0.15) is 11.8 Å². The highest BCUT2D eigenvalue weighted by atomic mass is 32.2. The predicted octanol–water partition coefficient (Wildman–Crippen LogP) is 3.55. The highest BCUT2D eigenvalue weighted by molar-refractivity contribution is 7.98. The first-order valence-corrected chi connectivity index (χ1v) is 9.35. The van der Waals surface area contributed by atoms with Gasteiger partial charge in [-0.15, -0.1) is 11.8 Å². The molecule has 2 amide bonds. The molecule has 130 valence electrons. The van der Waals surface area contributed by atoms with Gasteiger partial charge in [-0.1, -0.05) is 0 Å². The summed E-state index contributed by atoms with van der Waals surface area (Å²) in [5.41, 5.74) is 1.40. The van der Waals surface area contributed by atoms with E-state index in [1.54, 1.807) is 36.0 Å². The number of nitrogens with zero attached hydrogens (tertiary/aromatic N) is 1. The maximum atomic E-state index is 12.7. The van der Waals surface area contributed by atoms with E-state index in [0.29, 0.717) is 18.0 Å². The first-order chi connectivity index (χ1) is 12.1. The van der Waals surface area contributed by atoms with Gasteiger partial charge in [-0.3, -0.25) is 9.59 Å². The van der Waals surface area contributed by atoms with Gasteiger partial charge < -0.3 is 10.1 Å². The van der Waals surface area contributed by atoms with E-state index in [4.69, 9.17) is 4.74 Å². The molecule has 0 spiro atoms. The number of hydrogen-bond acceptors (Lipinski definition) is 5. The van der Waals surface area contributed by atoms with E-state index in [9.17, 15) is 9.59 Å². The van der Waals surface area contributed by atoms with Crippen LogP contribution >= 0.6 is 11.8 Å². The lowest BCUT2D eigenvalue weighted by Gasteiger charge is -2.16. The van der Waals surface area contributed by atoms with Gasteiger partial charge >= 0.3 is 0 Å². The predicted molar refractivity (Wildman–Crippen MR) is 100 cm³/mol. The smallest absolute Gasteiger partial charge is 0.256 e. The average molecular weight is 356 g/mol. The van der Waals surface area contributed by atoms with Crippen LogP contribution in [-0.4, -0.2) is 30.7 Å². The topological polar surface area (TPSA) is 58.6 Å². The van der Waals surface area contributed by atoms with Crippen molar-refractivity contribution in [2.24, 2.45) is 0 Å². The van der Waals surface area contributed by atoms with Crippen LogP contribution in [0, 0.1) is 0 Å². The van der Waals surface area contributed by atoms with Crippen LogP contribution in [0.5, 0.6) is 5.75 Å². The fourth-order valence-electron chi connectivity index (χ4n) is 2.76. The van der Waals surface area contributed by atoms with Crippen molar-refractivity contribution in [3.05, 3.63) is 48.5 Å². The number of rotatable bonds is 6. The molecular formula is C19H20N2O3S. The Morgan fingerprint density at radius 1 is 1.12 bits per heavy atom.